The Balaban J connectivity index is 2.10. The van der Waals surface area contributed by atoms with E-state index >= 15 is 0 Å². The fraction of sp³-hybridized carbons (Fsp3) is 0.167. The van der Waals surface area contributed by atoms with Crippen LogP contribution in [-0.4, -0.2) is 5.51 Å². The van der Waals surface area contributed by atoms with Gasteiger partial charge in [-0.25, -0.2) is 0 Å². The molecule has 0 radical (unpaired) electrons. The second-order valence-electron chi connectivity index (χ2n) is 3.59. The van der Waals surface area contributed by atoms with Crippen molar-refractivity contribution < 1.29 is 13.2 Å². The summed E-state index contributed by atoms with van der Waals surface area (Å²) in [7, 11) is 0. The van der Waals surface area contributed by atoms with Gasteiger partial charge in [-0.3, -0.25) is 0 Å². The maximum atomic E-state index is 12.4. The minimum absolute atomic E-state index is 0.102. The summed E-state index contributed by atoms with van der Waals surface area (Å²) in [6.45, 7) is 0.494. The first-order valence-electron chi connectivity index (χ1n) is 5.26. The van der Waals surface area contributed by atoms with Gasteiger partial charge in [0.05, 0.1) is 6.54 Å². The van der Waals surface area contributed by atoms with E-state index in [1.807, 2.05) is 11.4 Å². The molecule has 0 aliphatic rings. The Bertz CT molecular complexity index is 554. The lowest BCUT2D eigenvalue weighted by Crippen LogP contribution is -2.03. The summed E-state index contributed by atoms with van der Waals surface area (Å²) in [5.74, 6) is 0. The van der Waals surface area contributed by atoms with Gasteiger partial charge in [0.25, 0.3) is 0 Å². The van der Waals surface area contributed by atoms with Crippen LogP contribution in [0, 0.1) is 0 Å². The molecule has 0 atom stereocenters. The predicted octanol–water partition coefficient (Wildman–Crippen LogP) is 5.73. The summed E-state index contributed by atoms with van der Waals surface area (Å²) in [6.07, 6.45) is 0. The van der Waals surface area contributed by atoms with Crippen LogP contribution in [0.25, 0.3) is 0 Å². The number of para-hydroxylation sites is 1. The Labute approximate surface area is 125 Å². The van der Waals surface area contributed by atoms with E-state index in [1.165, 1.54) is 6.07 Å². The fourth-order valence-electron chi connectivity index (χ4n) is 1.45. The molecular weight excluding hydrogens is 359 g/mol. The average Bonchev–Trinajstić information content (AvgIpc) is 2.72. The number of hydrogen-bond acceptors (Lipinski definition) is 3. The summed E-state index contributed by atoms with van der Waals surface area (Å²) in [5, 5.41) is 4.97. The molecule has 0 aliphatic carbocycles. The molecule has 1 aromatic heterocycles. The van der Waals surface area contributed by atoms with Crippen molar-refractivity contribution in [1.82, 2.24) is 0 Å². The van der Waals surface area contributed by atoms with Crippen molar-refractivity contribution in [2.75, 3.05) is 5.32 Å². The van der Waals surface area contributed by atoms with Crippen molar-refractivity contribution in [3.8, 4) is 0 Å². The minimum atomic E-state index is -4.28. The van der Waals surface area contributed by atoms with E-state index in [1.54, 1.807) is 29.5 Å². The predicted molar refractivity (Wildman–Crippen MR) is 77.7 cm³/mol. The van der Waals surface area contributed by atoms with Crippen LogP contribution in [0.1, 0.15) is 4.88 Å². The van der Waals surface area contributed by atoms with E-state index in [4.69, 9.17) is 0 Å². The Hall–Kier alpha value is -0.660. The number of alkyl halides is 3. The van der Waals surface area contributed by atoms with Crippen molar-refractivity contribution in [3.05, 3.63) is 45.1 Å². The molecular formula is C12H9BrF3NS2. The van der Waals surface area contributed by atoms with E-state index in [2.05, 4.69) is 21.2 Å². The van der Waals surface area contributed by atoms with Crippen molar-refractivity contribution in [1.29, 1.82) is 0 Å². The van der Waals surface area contributed by atoms with Gasteiger partial charge in [-0.05, 0) is 51.3 Å². The lowest BCUT2D eigenvalue weighted by Gasteiger charge is -2.12. The molecule has 0 amide bonds. The van der Waals surface area contributed by atoms with Crippen molar-refractivity contribution in [2.24, 2.45) is 0 Å². The SMILES string of the molecule is FC(F)(F)Sc1ccccc1NCc1sccc1Br. The van der Waals surface area contributed by atoms with Crippen LogP contribution >= 0.6 is 39.0 Å². The molecule has 0 saturated carbocycles. The zero-order chi connectivity index (χ0) is 13.9. The molecule has 0 unspecified atom stereocenters. The Morgan fingerprint density at radius 1 is 1.21 bits per heavy atom. The zero-order valence-electron chi connectivity index (χ0n) is 9.50. The maximum Gasteiger partial charge on any atom is 0.446 e. The van der Waals surface area contributed by atoms with Crippen molar-refractivity contribution >= 4 is 44.7 Å². The topological polar surface area (TPSA) is 12.0 Å². The molecule has 0 bridgehead atoms. The van der Waals surface area contributed by atoms with E-state index in [0.717, 1.165) is 9.35 Å². The van der Waals surface area contributed by atoms with Gasteiger partial charge in [-0.1, -0.05) is 12.1 Å². The third kappa shape index (κ3) is 4.43. The molecule has 2 aromatic rings. The third-order valence-corrected chi connectivity index (χ3v) is 4.98. The second kappa shape index (κ2) is 6.19. The van der Waals surface area contributed by atoms with E-state index in [-0.39, 0.29) is 16.7 Å². The van der Waals surface area contributed by atoms with Crippen LogP contribution in [0.4, 0.5) is 18.9 Å². The Morgan fingerprint density at radius 3 is 2.58 bits per heavy atom. The molecule has 7 heteroatoms. The molecule has 19 heavy (non-hydrogen) atoms. The number of thioether (sulfide) groups is 1. The molecule has 1 nitrogen and oxygen atoms in total. The van der Waals surface area contributed by atoms with Crippen molar-refractivity contribution in [2.45, 2.75) is 16.9 Å². The molecule has 0 aliphatic heterocycles. The number of anilines is 1. The summed E-state index contributed by atoms with van der Waals surface area (Å²) in [4.78, 5) is 1.23. The number of benzene rings is 1. The molecule has 1 aromatic carbocycles. The zero-order valence-corrected chi connectivity index (χ0v) is 12.7. The molecule has 0 spiro atoms. The summed E-state index contributed by atoms with van der Waals surface area (Å²) >= 11 is 4.84. The monoisotopic (exact) mass is 367 g/mol. The smallest absolute Gasteiger partial charge is 0.379 e. The van der Waals surface area contributed by atoms with Gasteiger partial charge in [0, 0.05) is 19.9 Å². The lowest BCUT2D eigenvalue weighted by molar-refractivity contribution is -0.0327. The first kappa shape index (κ1) is 14.7. The largest absolute Gasteiger partial charge is 0.446 e. The number of thiophene rings is 1. The lowest BCUT2D eigenvalue weighted by atomic mass is 10.3. The van der Waals surface area contributed by atoms with Crippen LogP contribution in [-0.2, 0) is 6.54 Å². The maximum absolute atomic E-state index is 12.4. The molecule has 0 fully saturated rings. The Morgan fingerprint density at radius 2 is 1.95 bits per heavy atom. The van der Waals surface area contributed by atoms with Crippen LogP contribution < -0.4 is 5.32 Å². The minimum Gasteiger partial charge on any atom is -0.379 e. The van der Waals surface area contributed by atoms with Gasteiger partial charge in [0.1, 0.15) is 0 Å². The third-order valence-electron chi connectivity index (χ3n) is 2.24. The standard InChI is InChI=1S/C12H9BrF3NS2/c13-8-5-6-18-11(8)7-17-9-3-1-2-4-10(9)19-12(14,15)16/h1-6,17H,7H2. The quantitative estimate of drug-likeness (QED) is 0.692. The molecule has 1 heterocycles. The van der Waals surface area contributed by atoms with Crippen LogP contribution in [0.2, 0.25) is 0 Å². The van der Waals surface area contributed by atoms with Gasteiger partial charge in [-0.15, -0.1) is 11.3 Å². The molecule has 1 N–H and O–H groups in total. The van der Waals surface area contributed by atoms with Gasteiger partial charge >= 0.3 is 5.51 Å². The van der Waals surface area contributed by atoms with Crippen LogP contribution in [0.15, 0.2) is 45.1 Å². The van der Waals surface area contributed by atoms with E-state index in [9.17, 15) is 13.2 Å². The van der Waals surface area contributed by atoms with Gasteiger partial charge in [0.2, 0.25) is 0 Å². The summed E-state index contributed by atoms with van der Waals surface area (Å²) < 4.78 is 38.3. The first-order valence-corrected chi connectivity index (χ1v) is 7.75. The highest BCUT2D eigenvalue weighted by Crippen LogP contribution is 2.40. The molecule has 0 saturated heterocycles. The van der Waals surface area contributed by atoms with Crippen molar-refractivity contribution in [3.63, 3.8) is 0 Å². The van der Waals surface area contributed by atoms with Gasteiger partial charge in [0.15, 0.2) is 0 Å². The van der Waals surface area contributed by atoms with Gasteiger partial charge < -0.3 is 5.32 Å². The average molecular weight is 368 g/mol. The first-order chi connectivity index (χ1) is 8.96. The second-order valence-corrected chi connectivity index (χ2v) is 6.55. The number of nitrogens with one attached hydrogen (secondary N) is 1. The number of rotatable bonds is 4. The number of hydrogen-bond donors (Lipinski definition) is 1. The van der Waals surface area contributed by atoms with Crippen LogP contribution in [0.3, 0.4) is 0 Å². The number of halogens is 4. The Kier molecular flexibility index (Phi) is 4.81. The summed E-state index contributed by atoms with van der Waals surface area (Å²) in [5.41, 5.74) is -3.79. The molecule has 102 valence electrons. The van der Waals surface area contributed by atoms with E-state index in [0.29, 0.717) is 12.2 Å². The van der Waals surface area contributed by atoms with Crippen LogP contribution in [0.5, 0.6) is 0 Å². The fourth-order valence-corrected chi connectivity index (χ4v) is 3.53. The highest BCUT2D eigenvalue weighted by atomic mass is 79.9. The van der Waals surface area contributed by atoms with Gasteiger partial charge in [-0.2, -0.15) is 13.2 Å². The molecule has 2 rings (SSSR count). The normalized spacial score (nSPS) is 11.6. The van der Waals surface area contributed by atoms with E-state index < -0.39 is 5.51 Å². The summed E-state index contributed by atoms with van der Waals surface area (Å²) in [6, 6.07) is 8.34. The highest BCUT2D eigenvalue weighted by Gasteiger charge is 2.30. The highest BCUT2D eigenvalue weighted by molar-refractivity contribution is 9.10.